The molecule has 1 aliphatic rings. The molecule has 0 spiro atoms. The van der Waals surface area contributed by atoms with Crippen molar-refractivity contribution in [3.8, 4) is 0 Å². The van der Waals surface area contributed by atoms with E-state index in [-0.39, 0.29) is 13.1 Å². The molecule has 0 N–H and O–H groups in total. The lowest BCUT2D eigenvalue weighted by molar-refractivity contribution is -0.333. The van der Waals surface area contributed by atoms with Crippen molar-refractivity contribution in [2.45, 2.75) is 32.0 Å². The van der Waals surface area contributed by atoms with Gasteiger partial charge in [0, 0.05) is 7.11 Å². The van der Waals surface area contributed by atoms with E-state index in [1.54, 1.807) is 20.8 Å². The van der Waals surface area contributed by atoms with Crippen molar-refractivity contribution in [2.75, 3.05) is 20.2 Å². The van der Waals surface area contributed by atoms with Crippen LogP contribution in [0, 0.1) is 0 Å². The highest BCUT2D eigenvalue weighted by atomic mass is 16.6. The van der Waals surface area contributed by atoms with Gasteiger partial charge >= 0.3 is 6.09 Å². The van der Waals surface area contributed by atoms with E-state index in [2.05, 4.69) is 0 Å². The first kappa shape index (κ1) is 12.8. The summed E-state index contributed by atoms with van der Waals surface area (Å²) in [5.74, 6) is -1.31. The van der Waals surface area contributed by atoms with Gasteiger partial charge in [-0.1, -0.05) is 0 Å². The van der Waals surface area contributed by atoms with Gasteiger partial charge in [-0.05, 0) is 20.8 Å². The summed E-state index contributed by atoms with van der Waals surface area (Å²) in [5.41, 5.74) is -1.97. The fourth-order valence-corrected chi connectivity index (χ4v) is 1.37. The third kappa shape index (κ3) is 2.44. The first-order chi connectivity index (χ1) is 7.20. The third-order valence-electron chi connectivity index (χ3n) is 2.31. The summed E-state index contributed by atoms with van der Waals surface area (Å²) in [5, 5.41) is 10.8. The van der Waals surface area contributed by atoms with Gasteiger partial charge in [0.25, 0.3) is 0 Å². The molecular weight excluding hydrogens is 214 g/mol. The Hall–Kier alpha value is -1.30. The molecule has 0 bridgehead atoms. The lowest BCUT2D eigenvalue weighted by atomic mass is 9.95. The first-order valence-corrected chi connectivity index (χ1v) is 4.95. The summed E-state index contributed by atoms with van der Waals surface area (Å²) >= 11 is 0. The van der Waals surface area contributed by atoms with E-state index >= 15 is 0 Å². The van der Waals surface area contributed by atoms with Gasteiger partial charge in [0.15, 0.2) is 0 Å². The van der Waals surface area contributed by atoms with Gasteiger partial charge in [-0.15, -0.1) is 0 Å². The molecule has 1 heterocycles. The number of hydrogen-bond acceptors (Lipinski definition) is 5. The van der Waals surface area contributed by atoms with Crippen molar-refractivity contribution < 1.29 is 24.2 Å². The molecule has 0 saturated carbocycles. The zero-order chi connectivity index (χ0) is 12.6. The van der Waals surface area contributed by atoms with Crippen LogP contribution in [0.15, 0.2) is 0 Å². The molecule has 0 aromatic rings. The van der Waals surface area contributed by atoms with Gasteiger partial charge in [-0.2, -0.15) is 0 Å². The van der Waals surface area contributed by atoms with E-state index in [0.717, 1.165) is 0 Å². The van der Waals surface area contributed by atoms with Crippen LogP contribution in [0.3, 0.4) is 0 Å². The van der Waals surface area contributed by atoms with Crippen molar-refractivity contribution in [1.29, 1.82) is 0 Å². The Morgan fingerprint density at radius 3 is 2.12 bits per heavy atom. The second-order valence-corrected chi connectivity index (χ2v) is 4.82. The van der Waals surface area contributed by atoms with E-state index in [1.165, 1.54) is 12.0 Å². The van der Waals surface area contributed by atoms with Crippen molar-refractivity contribution in [1.82, 2.24) is 4.90 Å². The van der Waals surface area contributed by atoms with Crippen LogP contribution in [-0.2, 0) is 14.3 Å². The van der Waals surface area contributed by atoms with E-state index in [9.17, 15) is 14.7 Å². The fourth-order valence-electron chi connectivity index (χ4n) is 1.37. The topological polar surface area (TPSA) is 78.9 Å². The monoisotopic (exact) mass is 230 g/mol. The van der Waals surface area contributed by atoms with E-state index in [4.69, 9.17) is 9.47 Å². The Morgan fingerprint density at radius 1 is 1.31 bits per heavy atom. The molecule has 0 unspecified atom stereocenters. The highest BCUT2D eigenvalue weighted by molar-refractivity contribution is 5.81. The number of carboxylic acid groups (broad SMARTS) is 1. The summed E-state index contributed by atoms with van der Waals surface area (Å²) in [7, 11) is 1.28. The molecule has 92 valence electrons. The molecule has 0 aromatic heterocycles. The lowest BCUT2D eigenvalue weighted by Gasteiger charge is -2.48. The van der Waals surface area contributed by atoms with Crippen LogP contribution in [0.2, 0.25) is 0 Å². The smallest absolute Gasteiger partial charge is 0.410 e. The molecule has 1 rings (SSSR count). The van der Waals surface area contributed by atoms with Gasteiger partial charge in [0.1, 0.15) is 11.2 Å². The van der Waals surface area contributed by atoms with Crippen molar-refractivity contribution in [2.24, 2.45) is 0 Å². The van der Waals surface area contributed by atoms with Crippen molar-refractivity contribution in [3.63, 3.8) is 0 Å². The molecule has 1 amide bonds. The van der Waals surface area contributed by atoms with Crippen LogP contribution in [0.1, 0.15) is 20.8 Å². The Morgan fingerprint density at radius 2 is 1.81 bits per heavy atom. The molecule has 0 aliphatic carbocycles. The molecule has 1 fully saturated rings. The number of hydrogen-bond donors (Lipinski definition) is 0. The number of carbonyl (C=O) groups excluding carboxylic acids is 2. The summed E-state index contributed by atoms with van der Waals surface area (Å²) in [4.78, 5) is 23.5. The fraction of sp³-hybridized carbons (Fsp3) is 0.800. The molecule has 0 radical (unpaired) electrons. The SMILES string of the molecule is COC1(C(=O)[O-])CN(C(=O)OC(C)(C)C)C1. The van der Waals surface area contributed by atoms with Crippen molar-refractivity contribution >= 4 is 12.1 Å². The van der Waals surface area contributed by atoms with Crippen LogP contribution in [0.5, 0.6) is 0 Å². The summed E-state index contributed by atoms with van der Waals surface area (Å²) < 4.78 is 9.91. The molecule has 0 atom stereocenters. The maximum atomic E-state index is 11.5. The Bertz CT molecular complexity index is 301. The molecule has 1 aliphatic heterocycles. The number of likely N-dealkylation sites (tertiary alicyclic amines) is 1. The number of methoxy groups -OCH3 is 1. The number of rotatable bonds is 2. The maximum Gasteiger partial charge on any atom is 0.410 e. The molecular formula is C10H16NO5-. The van der Waals surface area contributed by atoms with Crippen LogP contribution < -0.4 is 5.11 Å². The number of amides is 1. The van der Waals surface area contributed by atoms with Crippen molar-refractivity contribution in [3.05, 3.63) is 0 Å². The summed E-state index contributed by atoms with van der Waals surface area (Å²) in [6.07, 6.45) is -0.540. The van der Waals surface area contributed by atoms with Gasteiger partial charge in [-0.3, -0.25) is 0 Å². The summed E-state index contributed by atoms with van der Waals surface area (Å²) in [6, 6.07) is 0. The highest BCUT2D eigenvalue weighted by Gasteiger charge is 2.48. The highest BCUT2D eigenvalue weighted by Crippen LogP contribution is 2.25. The Labute approximate surface area is 94.1 Å². The minimum Gasteiger partial charge on any atom is -0.547 e. The second-order valence-electron chi connectivity index (χ2n) is 4.82. The molecule has 6 heteroatoms. The number of carboxylic acids is 1. The number of ether oxygens (including phenoxy) is 2. The first-order valence-electron chi connectivity index (χ1n) is 4.95. The Kier molecular flexibility index (Phi) is 3.14. The van der Waals surface area contributed by atoms with E-state index < -0.39 is 23.3 Å². The predicted octanol–water partition coefficient (Wildman–Crippen LogP) is -0.628. The zero-order valence-electron chi connectivity index (χ0n) is 9.90. The van der Waals surface area contributed by atoms with E-state index in [1.807, 2.05) is 0 Å². The van der Waals surface area contributed by atoms with Crippen LogP contribution in [0.4, 0.5) is 4.79 Å². The Balaban J connectivity index is 2.52. The average Bonchev–Trinajstić information content (AvgIpc) is 1.98. The minimum absolute atomic E-state index is 0.0409. The van der Waals surface area contributed by atoms with Gasteiger partial charge in [-0.25, -0.2) is 4.79 Å². The number of aliphatic carboxylic acids is 1. The zero-order valence-corrected chi connectivity index (χ0v) is 9.90. The average molecular weight is 230 g/mol. The normalized spacial score (nSPS) is 18.9. The van der Waals surface area contributed by atoms with Crippen LogP contribution >= 0.6 is 0 Å². The van der Waals surface area contributed by atoms with E-state index in [0.29, 0.717) is 0 Å². The standard InChI is InChI=1S/C10H17NO5/c1-9(2,3)16-8(14)11-5-10(6-11,15-4)7(12)13/h5-6H2,1-4H3,(H,12,13)/p-1. The quantitative estimate of drug-likeness (QED) is 0.631. The molecule has 6 nitrogen and oxygen atoms in total. The van der Waals surface area contributed by atoms with Gasteiger partial charge in [0.05, 0.1) is 19.1 Å². The van der Waals surface area contributed by atoms with Gasteiger partial charge < -0.3 is 24.3 Å². The third-order valence-corrected chi connectivity index (χ3v) is 2.31. The molecule has 1 saturated heterocycles. The minimum atomic E-state index is -1.38. The molecule has 16 heavy (non-hydrogen) atoms. The lowest BCUT2D eigenvalue weighted by Crippen LogP contribution is -2.71. The van der Waals surface area contributed by atoms with Crippen LogP contribution in [0.25, 0.3) is 0 Å². The summed E-state index contributed by atoms with van der Waals surface area (Å²) in [6.45, 7) is 5.15. The number of nitrogens with zero attached hydrogens (tertiary/aromatic N) is 1. The predicted molar refractivity (Wildman–Crippen MR) is 52.6 cm³/mol. The van der Waals surface area contributed by atoms with Gasteiger partial charge in [0.2, 0.25) is 0 Å². The largest absolute Gasteiger partial charge is 0.547 e. The number of carbonyl (C=O) groups is 2. The second kappa shape index (κ2) is 3.93. The maximum absolute atomic E-state index is 11.5. The van der Waals surface area contributed by atoms with Crippen LogP contribution in [-0.4, -0.2) is 48.4 Å². The molecule has 0 aromatic carbocycles.